The average Bonchev–Trinajstić information content (AvgIpc) is 2.43. The van der Waals surface area contributed by atoms with E-state index in [1.165, 1.54) is 7.05 Å². The van der Waals surface area contributed by atoms with Crippen molar-refractivity contribution in [1.29, 1.82) is 0 Å². The van der Waals surface area contributed by atoms with Crippen LogP contribution >= 0.6 is 0 Å². The number of carbonyl (C=O) groups is 2. The molecule has 0 unspecified atom stereocenters. The highest BCUT2D eigenvalue weighted by Gasteiger charge is 2.23. The molecule has 0 aliphatic carbocycles. The van der Waals surface area contributed by atoms with E-state index in [1.807, 2.05) is 27.7 Å². The summed E-state index contributed by atoms with van der Waals surface area (Å²) in [6.07, 6.45) is 0. The van der Waals surface area contributed by atoms with E-state index in [1.54, 1.807) is 0 Å². The van der Waals surface area contributed by atoms with Crippen LogP contribution in [0.1, 0.15) is 27.7 Å². The van der Waals surface area contributed by atoms with Gasteiger partial charge in [-0.2, -0.15) is 0 Å². The van der Waals surface area contributed by atoms with Gasteiger partial charge in [-0.25, -0.2) is 4.79 Å². The maximum atomic E-state index is 10.4. The van der Waals surface area contributed by atoms with Crippen LogP contribution in [0.15, 0.2) is 0 Å². The van der Waals surface area contributed by atoms with Gasteiger partial charge in [0.15, 0.2) is 0 Å². The van der Waals surface area contributed by atoms with Crippen LogP contribution in [0.3, 0.4) is 0 Å². The molecule has 72 valence electrons. The van der Waals surface area contributed by atoms with Crippen molar-refractivity contribution in [1.82, 2.24) is 10.2 Å². The SMILES string of the molecule is CC.CC.CN1C(=O)CNC1=O. The molecular formula is C8H18N2O2. The number of hydrogen-bond donors (Lipinski definition) is 1. The summed E-state index contributed by atoms with van der Waals surface area (Å²) in [5, 5.41) is 2.36. The lowest BCUT2D eigenvalue weighted by Crippen LogP contribution is -2.25. The second kappa shape index (κ2) is 8.04. The molecule has 0 atom stereocenters. The van der Waals surface area contributed by atoms with Crippen molar-refractivity contribution in [3.8, 4) is 0 Å². The Hall–Kier alpha value is -1.06. The van der Waals surface area contributed by atoms with Crippen molar-refractivity contribution in [2.75, 3.05) is 13.6 Å². The molecule has 0 radical (unpaired) electrons. The van der Waals surface area contributed by atoms with Gasteiger partial charge in [-0.15, -0.1) is 0 Å². The summed E-state index contributed by atoms with van der Waals surface area (Å²) >= 11 is 0. The van der Waals surface area contributed by atoms with Crippen molar-refractivity contribution < 1.29 is 9.59 Å². The Bertz CT molecular complexity index is 130. The molecule has 1 aliphatic rings. The monoisotopic (exact) mass is 174 g/mol. The molecule has 1 aliphatic heterocycles. The Morgan fingerprint density at radius 2 is 1.58 bits per heavy atom. The smallest absolute Gasteiger partial charge is 0.324 e. The van der Waals surface area contributed by atoms with Crippen LogP contribution in [-0.2, 0) is 4.79 Å². The molecule has 0 aromatic carbocycles. The fourth-order valence-corrected chi connectivity index (χ4v) is 0.502. The molecule has 1 N–H and O–H groups in total. The molecule has 1 heterocycles. The minimum Gasteiger partial charge on any atom is -0.329 e. The molecule has 0 aromatic rings. The van der Waals surface area contributed by atoms with Gasteiger partial charge in [0.1, 0.15) is 0 Å². The van der Waals surface area contributed by atoms with Gasteiger partial charge in [0.2, 0.25) is 5.91 Å². The van der Waals surface area contributed by atoms with Crippen molar-refractivity contribution in [3.63, 3.8) is 0 Å². The van der Waals surface area contributed by atoms with Gasteiger partial charge in [-0.3, -0.25) is 9.69 Å². The number of imide groups is 1. The number of carbonyl (C=O) groups excluding carboxylic acids is 2. The van der Waals surface area contributed by atoms with Crippen LogP contribution in [0, 0.1) is 0 Å². The third-order valence-corrected chi connectivity index (χ3v) is 1.07. The second-order valence-corrected chi connectivity index (χ2v) is 1.61. The van der Waals surface area contributed by atoms with E-state index >= 15 is 0 Å². The lowest BCUT2D eigenvalue weighted by molar-refractivity contribution is -0.124. The zero-order valence-electron chi connectivity index (χ0n) is 8.47. The Labute approximate surface area is 73.9 Å². The standard InChI is InChI=1S/C4H6N2O2.2C2H6/c1-6-3(7)2-5-4(6)8;2*1-2/h2H2,1H3,(H,5,8);2*1-2H3. The molecule has 4 nitrogen and oxygen atoms in total. The molecular weight excluding hydrogens is 156 g/mol. The molecule has 1 saturated heterocycles. The summed E-state index contributed by atoms with van der Waals surface area (Å²) in [7, 11) is 1.45. The lowest BCUT2D eigenvalue weighted by Gasteiger charge is -1.99. The zero-order valence-corrected chi connectivity index (χ0v) is 8.47. The highest BCUT2D eigenvalue weighted by atomic mass is 16.2. The lowest BCUT2D eigenvalue weighted by atomic mass is 10.6. The van der Waals surface area contributed by atoms with Gasteiger partial charge in [0.25, 0.3) is 0 Å². The minimum absolute atomic E-state index is 0.148. The zero-order chi connectivity index (χ0) is 10.1. The maximum Gasteiger partial charge on any atom is 0.324 e. The highest BCUT2D eigenvalue weighted by molar-refractivity contribution is 6.01. The summed E-state index contributed by atoms with van der Waals surface area (Å²) in [4.78, 5) is 21.9. The largest absolute Gasteiger partial charge is 0.329 e. The minimum atomic E-state index is -0.310. The Morgan fingerprint density at radius 1 is 1.17 bits per heavy atom. The van der Waals surface area contributed by atoms with Crippen LogP contribution in [0.2, 0.25) is 0 Å². The summed E-state index contributed by atoms with van der Waals surface area (Å²) in [6, 6.07) is -0.310. The number of likely N-dealkylation sites (N-methyl/N-ethyl adjacent to an activating group) is 1. The van der Waals surface area contributed by atoms with Gasteiger partial charge < -0.3 is 5.32 Å². The molecule has 1 rings (SSSR count). The topological polar surface area (TPSA) is 49.4 Å². The number of nitrogens with one attached hydrogen (secondary N) is 1. The van der Waals surface area contributed by atoms with E-state index in [-0.39, 0.29) is 18.5 Å². The fraction of sp³-hybridized carbons (Fsp3) is 0.750. The summed E-state index contributed by atoms with van der Waals surface area (Å²) < 4.78 is 0. The molecule has 0 saturated carbocycles. The summed E-state index contributed by atoms with van der Waals surface area (Å²) in [5.74, 6) is -0.171. The van der Waals surface area contributed by atoms with Crippen LogP contribution in [0.5, 0.6) is 0 Å². The molecule has 0 bridgehead atoms. The third kappa shape index (κ3) is 3.95. The van der Waals surface area contributed by atoms with E-state index in [0.717, 1.165) is 4.90 Å². The molecule has 0 spiro atoms. The number of hydrogen-bond acceptors (Lipinski definition) is 2. The first-order chi connectivity index (χ1) is 5.72. The third-order valence-electron chi connectivity index (χ3n) is 1.07. The number of urea groups is 1. The van der Waals surface area contributed by atoms with E-state index in [2.05, 4.69) is 5.32 Å². The van der Waals surface area contributed by atoms with Crippen molar-refractivity contribution in [2.45, 2.75) is 27.7 Å². The average molecular weight is 174 g/mol. The Morgan fingerprint density at radius 3 is 1.67 bits per heavy atom. The predicted molar refractivity (Wildman–Crippen MR) is 48.9 cm³/mol. The van der Waals surface area contributed by atoms with Crippen molar-refractivity contribution in [2.24, 2.45) is 0 Å². The number of amides is 3. The summed E-state index contributed by atoms with van der Waals surface area (Å²) in [6.45, 7) is 8.15. The second-order valence-electron chi connectivity index (χ2n) is 1.61. The van der Waals surface area contributed by atoms with Gasteiger partial charge >= 0.3 is 6.03 Å². The highest BCUT2D eigenvalue weighted by Crippen LogP contribution is 1.91. The van der Waals surface area contributed by atoms with E-state index < -0.39 is 0 Å². The predicted octanol–water partition coefficient (Wildman–Crippen LogP) is 1.22. The molecule has 3 amide bonds. The Balaban J connectivity index is 0. The van der Waals surface area contributed by atoms with E-state index in [0.29, 0.717) is 0 Å². The van der Waals surface area contributed by atoms with Crippen LogP contribution in [0.4, 0.5) is 4.79 Å². The molecule has 12 heavy (non-hydrogen) atoms. The first-order valence-electron chi connectivity index (χ1n) is 4.26. The van der Waals surface area contributed by atoms with Crippen LogP contribution < -0.4 is 5.32 Å². The van der Waals surface area contributed by atoms with Gasteiger partial charge in [0.05, 0.1) is 6.54 Å². The van der Waals surface area contributed by atoms with Crippen molar-refractivity contribution >= 4 is 11.9 Å². The maximum absolute atomic E-state index is 10.4. The van der Waals surface area contributed by atoms with Crippen molar-refractivity contribution in [3.05, 3.63) is 0 Å². The van der Waals surface area contributed by atoms with Crippen LogP contribution in [-0.4, -0.2) is 30.4 Å². The number of nitrogens with zero attached hydrogens (tertiary/aromatic N) is 1. The van der Waals surface area contributed by atoms with E-state index in [9.17, 15) is 9.59 Å². The normalized spacial score (nSPS) is 13.9. The molecule has 4 heteroatoms. The van der Waals surface area contributed by atoms with Gasteiger partial charge in [-0.1, -0.05) is 27.7 Å². The van der Waals surface area contributed by atoms with E-state index in [4.69, 9.17) is 0 Å². The first-order valence-corrected chi connectivity index (χ1v) is 4.26. The van der Waals surface area contributed by atoms with Crippen LogP contribution in [0.25, 0.3) is 0 Å². The molecule has 0 aromatic heterocycles. The summed E-state index contributed by atoms with van der Waals surface area (Å²) in [5.41, 5.74) is 0. The van der Waals surface area contributed by atoms with Gasteiger partial charge in [0, 0.05) is 7.05 Å². The first kappa shape index (κ1) is 13.5. The molecule has 1 fully saturated rings. The van der Waals surface area contributed by atoms with Gasteiger partial charge in [-0.05, 0) is 0 Å². The number of rotatable bonds is 0. The quantitative estimate of drug-likeness (QED) is 0.561. The fourth-order valence-electron chi connectivity index (χ4n) is 0.502. The Kier molecular flexibility index (Phi) is 9.06.